The Morgan fingerprint density at radius 1 is 1.38 bits per heavy atom. The van der Waals surface area contributed by atoms with E-state index in [4.69, 9.17) is 4.74 Å². The summed E-state index contributed by atoms with van der Waals surface area (Å²) in [7, 11) is 4.86. The normalized spacial score (nSPS) is 11.6. The van der Waals surface area contributed by atoms with Crippen molar-refractivity contribution in [2.75, 3.05) is 14.2 Å². The van der Waals surface area contributed by atoms with Crippen LogP contribution in [-0.4, -0.2) is 36.5 Å². The Labute approximate surface area is 156 Å². The molecule has 2 rings (SSSR count). The lowest BCUT2D eigenvalue weighted by molar-refractivity contribution is -0.123. The minimum absolute atomic E-state index is 0. The standard InChI is InChI=1S/C16H20F2N4O3.ClH/c1-19-14(11-8-21-22(2)9-11)15(23)20-7-10-6-12(24-3)4-5-13(10)25-16(17)18;/h4-6,8-9,14,16,19H,7H2,1-3H3,(H,20,23);1H. The molecule has 10 heteroatoms. The first kappa shape index (κ1) is 21.7. The van der Waals surface area contributed by atoms with Gasteiger partial charge in [0.2, 0.25) is 5.91 Å². The van der Waals surface area contributed by atoms with Gasteiger partial charge in [0, 0.05) is 30.9 Å². The molecule has 2 aromatic rings. The largest absolute Gasteiger partial charge is 0.497 e. The Hall–Kier alpha value is -2.39. The maximum atomic E-state index is 12.5. The van der Waals surface area contributed by atoms with Crippen molar-refractivity contribution in [1.82, 2.24) is 20.4 Å². The fourth-order valence-electron chi connectivity index (χ4n) is 2.35. The van der Waals surface area contributed by atoms with Gasteiger partial charge in [-0.3, -0.25) is 9.48 Å². The average Bonchev–Trinajstić information content (AvgIpc) is 3.00. The van der Waals surface area contributed by atoms with Crippen molar-refractivity contribution in [2.24, 2.45) is 7.05 Å². The van der Waals surface area contributed by atoms with Gasteiger partial charge < -0.3 is 20.1 Å². The van der Waals surface area contributed by atoms with Gasteiger partial charge in [-0.15, -0.1) is 12.4 Å². The van der Waals surface area contributed by atoms with E-state index in [1.165, 1.54) is 25.3 Å². The molecule has 0 bridgehead atoms. The highest BCUT2D eigenvalue weighted by molar-refractivity contribution is 5.85. The predicted octanol–water partition coefficient (Wildman–Crippen LogP) is 2.03. The number of nitrogens with one attached hydrogen (secondary N) is 2. The van der Waals surface area contributed by atoms with E-state index in [1.54, 1.807) is 31.2 Å². The van der Waals surface area contributed by atoms with Crippen molar-refractivity contribution in [3.8, 4) is 11.5 Å². The summed E-state index contributed by atoms with van der Waals surface area (Å²) in [5.41, 5.74) is 1.08. The number of aromatic nitrogens is 2. The predicted molar refractivity (Wildman–Crippen MR) is 93.7 cm³/mol. The maximum Gasteiger partial charge on any atom is 0.387 e. The van der Waals surface area contributed by atoms with E-state index in [1.807, 2.05) is 0 Å². The van der Waals surface area contributed by atoms with Crippen molar-refractivity contribution in [3.05, 3.63) is 41.7 Å². The maximum absolute atomic E-state index is 12.5. The first-order valence-electron chi connectivity index (χ1n) is 7.49. The minimum atomic E-state index is -2.96. The SMILES string of the molecule is CNC(C(=O)NCc1cc(OC)ccc1OC(F)F)c1cnn(C)c1.Cl. The number of ether oxygens (including phenoxy) is 2. The fourth-order valence-corrected chi connectivity index (χ4v) is 2.35. The van der Waals surface area contributed by atoms with Gasteiger partial charge in [-0.2, -0.15) is 13.9 Å². The van der Waals surface area contributed by atoms with Crippen LogP contribution in [0.15, 0.2) is 30.6 Å². The van der Waals surface area contributed by atoms with Crippen molar-refractivity contribution in [1.29, 1.82) is 0 Å². The summed E-state index contributed by atoms with van der Waals surface area (Å²) in [5.74, 6) is 0.142. The molecule has 0 radical (unpaired) electrons. The molecule has 7 nitrogen and oxygen atoms in total. The van der Waals surface area contributed by atoms with Crippen LogP contribution in [0, 0.1) is 0 Å². The number of rotatable bonds is 8. The molecule has 2 N–H and O–H groups in total. The summed E-state index contributed by atoms with van der Waals surface area (Å²) < 4.78 is 36.2. The molecule has 1 amide bonds. The van der Waals surface area contributed by atoms with Crippen molar-refractivity contribution < 1.29 is 23.0 Å². The van der Waals surface area contributed by atoms with Crippen LogP contribution in [0.25, 0.3) is 0 Å². The lowest BCUT2D eigenvalue weighted by Crippen LogP contribution is -2.35. The number of methoxy groups -OCH3 is 1. The molecule has 0 fully saturated rings. The van der Waals surface area contributed by atoms with Crippen LogP contribution in [0.3, 0.4) is 0 Å². The number of carbonyl (C=O) groups excluding carboxylic acids is 1. The molecule has 1 heterocycles. The molecule has 0 aliphatic rings. The van der Waals surface area contributed by atoms with Crippen LogP contribution in [0.5, 0.6) is 11.5 Å². The van der Waals surface area contributed by atoms with Crippen LogP contribution in [-0.2, 0) is 18.4 Å². The number of hydrogen-bond donors (Lipinski definition) is 2. The number of benzene rings is 1. The summed E-state index contributed by atoms with van der Waals surface area (Å²) >= 11 is 0. The summed E-state index contributed by atoms with van der Waals surface area (Å²) in [6.07, 6.45) is 3.30. The highest BCUT2D eigenvalue weighted by Crippen LogP contribution is 2.26. The van der Waals surface area contributed by atoms with E-state index in [9.17, 15) is 13.6 Å². The number of nitrogens with zero attached hydrogens (tertiary/aromatic N) is 2. The molecular formula is C16H21ClF2N4O3. The van der Waals surface area contributed by atoms with Gasteiger partial charge in [0.15, 0.2) is 0 Å². The number of alkyl halides is 2. The van der Waals surface area contributed by atoms with Crippen molar-refractivity contribution in [3.63, 3.8) is 0 Å². The zero-order chi connectivity index (χ0) is 18.4. The summed E-state index contributed by atoms with van der Waals surface area (Å²) in [4.78, 5) is 12.4. The lowest BCUT2D eigenvalue weighted by atomic mass is 10.1. The van der Waals surface area contributed by atoms with E-state index in [2.05, 4.69) is 20.5 Å². The molecule has 0 saturated heterocycles. The van der Waals surface area contributed by atoms with Crippen LogP contribution >= 0.6 is 12.4 Å². The second kappa shape index (κ2) is 9.93. The first-order valence-corrected chi connectivity index (χ1v) is 7.49. The highest BCUT2D eigenvalue weighted by atomic mass is 35.5. The number of amides is 1. The minimum Gasteiger partial charge on any atom is -0.497 e. The third-order valence-corrected chi connectivity index (χ3v) is 3.55. The number of aryl methyl sites for hydroxylation is 1. The van der Waals surface area contributed by atoms with Crippen molar-refractivity contribution in [2.45, 2.75) is 19.2 Å². The zero-order valence-electron chi connectivity index (χ0n) is 14.5. The first-order chi connectivity index (χ1) is 11.9. The lowest BCUT2D eigenvalue weighted by Gasteiger charge is -2.16. The van der Waals surface area contributed by atoms with Crippen LogP contribution < -0.4 is 20.1 Å². The van der Waals surface area contributed by atoms with E-state index in [-0.39, 0.29) is 30.6 Å². The second-order valence-electron chi connectivity index (χ2n) is 5.24. The molecule has 0 spiro atoms. The fraction of sp³-hybridized carbons (Fsp3) is 0.375. The number of carbonyl (C=O) groups is 1. The summed E-state index contributed by atoms with van der Waals surface area (Å²) in [6, 6.07) is 3.81. The van der Waals surface area contributed by atoms with Gasteiger partial charge >= 0.3 is 6.61 Å². The van der Waals surface area contributed by atoms with Crippen molar-refractivity contribution >= 4 is 18.3 Å². The smallest absolute Gasteiger partial charge is 0.387 e. The van der Waals surface area contributed by atoms with Gasteiger partial charge in [-0.05, 0) is 25.2 Å². The van der Waals surface area contributed by atoms with Gasteiger partial charge in [-0.25, -0.2) is 0 Å². The quantitative estimate of drug-likeness (QED) is 0.721. The number of hydrogen-bond acceptors (Lipinski definition) is 5. The molecule has 0 aliphatic carbocycles. The topological polar surface area (TPSA) is 77.4 Å². The Morgan fingerprint density at radius 3 is 2.65 bits per heavy atom. The Kier molecular flexibility index (Phi) is 8.27. The second-order valence-corrected chi connectivity index (χ2v) is 5.24. The molecule has 0 saturated carbocycles. The van der Waals surface area contributed by atoms with E-state index in [0.29, 0.717) is 16.9 Å². The Morgan fingerprint density at radius 2 is 2.12 bits per heavy atom. The molecule has 26 heavy (non-hydrogen) atoms. The third-order valence-electron chi connectivity index (χ3n) is 3.55. The molecule has 144 valence electrons. The van der Waals surface area contributed by atoms with Gasteiger partial charge in [0.25, 0.3) is 0 Å². The number of likely N-dealkylation sites (N-methyl/N-ethyl adjacent to an activating group) is 1. The van der Waals surface area contributed by atoms with E-state index >= 15 is 0 Å². The average molecular weight is 391 g/mol. The van der Waals surface area contributed by atoms with Gasteiger partial charge in [0.05, 0.1) is 13.3 Å². The molecule has 0 aliphatic heterocycles. The Balaban J connectivity index is 0.00000338. The molecule has 1 aromatic carbocycles. The zero-order valence-corrected chi connectivity index (χ0v) is 15.3. The van der Waals surface area contributed by atoms with E-state index in [0.717, 1.165) is 0 Å². The van der Waals surface area contributed by atoms with Crippen LogP contribution in [0.1, 0.15) is 17.2 Å². The van der Waals surface area contributed by atoms with Crippen LogP contribution in [0.2, 0.25) is 0 Å². The monoisotopic (exact) mass is 390 g/mol. The van der Waals surface area contributed by atoms with Gasteiger partial charge in [0.1, 0.15) is 17.5 Å². The molecule has 1 atom stereocenters. The number of halogens is 3. The highest BCUT2D eigenvalue weighted by Gasteiger charge is 2.20. The molecule has 1 aromatic heterocycles. The van der Waals surface area contributed by atoms with Gasteiger partial charge in [-0.1, -0.05) is 0 Å². The molecule has 1 unspecified atom stereocenters. The summed E-state index contributed by atoms with van der Waals surface area (Å²) in [6.45, 7) is -2.94. The molecular weight excluding hydrogens is 370 g/mol. The third kappa shape index (κ3) is 5.57. The van der Waals surface area contributed by atoms with Crippen LogP contribution in [0.4, 0.5) is 8.78 Å². The van der Waals surface area contributed by atoms with E-state index < -0.39 is 12.7 Å². The Bertz CT molecular complexity index is 727. The summed E-state index contributed by atoms with van der Waals surface area (Å²) in [5, 5.41) is 9.63.